The Morgan fingerprint density at radius 2 is 2.00 bits per heavy atom. The normalized spacial score (nSPS) is 11.2. The summed E-state index contributed by atoms with van der Waals surface area (Å²) in [6.45, 7) is 1.56. The van der Waals surface area contributed by atoms with Crippen molar-refractivity contribution >= 4 is 25.7 Å². The smallest absolute Gasteiger partial charge is 0.302 e. The third-order valence-electron chi connectivity index (χ3n) is 1.09. The van der Waals surface area contributed by atoms with E-state index in [1.54, 1.807) is 0 Å². The molecule has 0 aromatic carbocycles. The van der Waals surface area contributed by atoms with Gasteiger partial charge in [0.15, 0.2) is 0 Å². The van der Waals surface area contributed by atoms with Gasteiger partial charge in [0.05, 0.1) is 12.4 Å². The van der Waals surface area contributed by atoms with Crippen LogP contribution in [0.5, 0.6) is 0 Å². The molecule has 72 valence electrons. The van der Waals surface area contributed by atoms with Crippen LogP contribution in [0.1, 0.15) is 19.8 Å². The maximum atomic E-state index is 10.4. The molecule has 0 aliphatic heterocycles. The van der Waals surface area contributed by atoms with Crippen molar-refractivity contribution in [2.45, 2.75) is 19.8 Å². The standard InChI is InChI=1S/C6H11ClO4S/c1-6(8)11-4-2-3-5-12(7,9)10/h2-5H2,1H3. The Hall–Kier alpha value is -0.290. The first kappa shape index (κ1) is 11.7. The lowest BCUT2D eigenvalue weighted by Gasteiger charge is -1.99. The summed E-state index contributed by atoms with van der Waals surface area (Å²) in [5.74, 6) is -0.431. The van der Waals surface area contributed by atoms with Crippen molar-refractivity contribution in [1.29, 1.82) is 0 Å². The Morgan fingerprint density at radius 1 is 1.42 bits per heavy atom. The van der Waals surface area contributed by atoms with Crippen LogP contribution in [0.2, 0.25) is 0 Å². The molecule has 0 radical (unpaired) electrons. The molecule has 0 unspecified atom stereocenters. The SMILES string of the molecule is CC(=O)OCCCCS(=O)(=O)Cl. The molecule has 0 heterocycles. The summed E-state index contributed by atoms with van der Waals surface area (Å²) in [6.07, 6.45) is 0.935. The van der Waals surface area contributed by atoms with Crippen LogP contribution in [0.3, 0.4) is 0 Å². The van der Waals surface area contributed by atoms with Gasteiger partial charge in [-0.2, -0.15) is 0 Å². The lowest BCUT2D eigenvalue weighted by molar-refractivity contribution is -0.141. The van der Waals surface area contributed by atoms with Crippen molar-refractivity contribution in [1.82, 2.24) is 0 Å². The Bertz CT molecular complexity index is 234. The van der Waals surface area contributed by atoms with Crippen LogP contribution >= 0.6 is 10.7 Å². The van der Waals surface area contributed by atoms with Crippen LogP contribution < -0.4 is 0 Å². The summed E-state index contributed by atoms with van der Waals surface area (Å²) in [6, 6.07) is 0. The Morgan fingerprint density at radius 3 is 2.42 bits per heavy atom. The molecular formula is C6H11ClO4S. The fraction of sp³-hybridized carbons (Fsp3) is 0.833. The van der Waals surface area contributed by atoms with Crippen LogP contribution in [0, 0.1) is 0 Å². The minimum absolute atomic E-state index is 0.0736. The van der Waals surface area contributed by atoms with Gasteiger partial charge < -0.3 is 4.74 Å². The van der Waals surface area contributed by atoms with Gasteiger partial charge in [-0.3, -0.25) is 4.79 Å². The van der Waals surface area contributed by atoms with E-state index in [9.17, 15) is 13.2 Å². The quantitative estimate of drug-likeness (QED) is 0.388. The van der Waals surface area contributed by atoms with Crippen molar-refractivity contribution in [3.05, 3.63) is 0 Å². The molecule has 0 rings (SSSR count). The summed E-state index contributed by atoms with van der Waals surface area (Å²) in [4.78, 5) is 10.2. The van der Waals surface area contributed by atoms with Crippen molar-refractivity contribution in [3.63, 3.8) is 0 Å². The van der Waals surface area contributed by atoms with E-state index in [2.05, 4.69) is 4.74 Å². The molecule has 0 aliphatic rings. The van der Waals surface area contributed by atoms with Gasteiger partial charge in [-0.05, 0) is 12.8 Å². The molecule has 0 fully saturated rings. The van der Waals surface area contributed by atoms with E-state index in [4.69, 9.17) is 10.7 Å². The number of hydrogen-bond donors (Lipinski definition) is 0. The van der Waals surface area contributed by atoms with Crippen LogP contribution in [0.15, 0.2) is 0 Å². The van der Waals surface area contributed by atoms with E-state index < -0.39 is 9.05 Å². The molecular weight excluding hydrogens is 204 g/mol. The summed E-state index contributed by atoms with van der Waals surface area (Å²) in [7, 11) is 1.55. The summed E-state index contributed by atoms with van der Waals surface area (Å²) in [5.41, 5.74) is 0. The van der Waals surface area contributed by atoms with Gasteiger partial charge in [-0.1, -0.05) is 0 Å². The van der Waals surface area contributed by atoms with E-state index >= 15 is 0 Å². The zero-order valence-electron chi connectivity index (χ0n) is 6.75. The zero-order chi connectivity index (χ0) is 9.61. The molecule has 0 atom stereocenters. The number of rotatable bonds is 5. The van der Waals surface area contributed by atoms with E-state index in [0.29, 0.717) is 12.8 Å². The number of esters is 1. The van der Waals surface area contributed by atoms with Gasteiger partial charge >= 0.3 is 5.97 Å². The molecule has 4 nitrogen and oxygen atoms in total. The second-order valence-electron chi connectivity index (χ2n) is 2.29. The van der Waals surface area contributed by atoms with Gasteiger partial charge in [-0.15, -0.1) is 0 Å². The lowest BCUT2D eigenvalue weighted by atomic mass is 10.4. The molecule has 12 heavy (non-hydrogen) atoms. The minimum atomic E-state index is -3.39. The average molecular weight is 215 g/mol. The van der Waals surface area contributed by atoms with Crippen LogP contribution in [-0.2, 0) is 18.6 Å². The highest BCUT2D eigenvalue weighted by molar-refractivity contribution is 8.13. The second kappa shape index (κ2) is 5.37. The number of carbonyl (C=O) groups is 1. The van der Waals surface area contributed by atoms with Gasteiger partial charge in [0.25, 0.3) is 0 Å². The minimum Gasteiger partial charge on any atom is -0.466 e. The molecule has 0 aliphatic carbocycles. The number of unbranched alkanes of at least 4 members (excludes halogenated alkanes) is 1. The van der Waals surface area contributed by atoms with Gasteiger partial charge in [0, 0.05) is 17.6 Å². The predicted octanol–water partition coefficient (Wildman–Crippen LogP) is 0.898. The number of halogens is 1. The average Bonchev–Trinajstić information content (AvgIpc) is 1.83. The first-order valence-corrected chi connectivity index (χ1v) is 5.95. The largest absolute Gasteiger partial charge is 0.466 e. The predicted molar refractivity (Wildman–Crippen MR) is 45.5 cm³/mol. The molecule has 0 saturated carbocycles. The highest BCUT2D eigenvalue weighted by Gasteiger charge is 2.03. The summed E-state index contributed by atoms with van der Waals surface area (Å²) >= 11 is 0. The molecule has 0 spiro atoms. The molecule has 0 N–H and O–H groups in total. The third-order valence-corrected chi connectivity index (χ3v) is 2.33. The third kappa shape index (κ3) is 9.71. The number of ether oxygens (including phenoxy) is 1. The van der Waals surface area contributed by atoms with Gasteiger partial charge in [-0.25, -0.2) is 8.42 Å². The van der Waals surface area contributed by atoms with E-state index in [1.165, 1.54) is 6.92 Å². The highest BCUT2D eigenvalue weighted by atomic mass is 35.7. The van der Waals surface area contributed by atoms with Crippen LogP contribution in [-0.4, -0.2) is 26.7 Å². The van der Waals surface area contributed by atoms with Crippen molar-refractivity contribution in [3.8, 4) is 0 Å². The Balaban J connectivity index is 3.29. The topological polar surface area (TPSA) is 60.4 Å². The summed E-state index contributed by atoms with van der Waals surface area (Å²) < 4.78 is 25.4. The Labute approximate surface area is 76.3 Å². The molecule has 0 aromatic rings. The van der Waals surface area contributed by atoms with E-state index in [1.807, 2.05) is 0 Å². The van der Waals surface area contributed by atoms with Gasteiger partial charge in [0.2, 0.25) is 9.05 Å². The Kier molecular flexibility index (Phi) is 5.24. The first-order chi connectivity index (χ1) is 5.42. The van der Waals surface area contributed by atoms with Crippen molar-refractivity contribution in [2.75, 3.05) is 12.4 Å². The fourth-order valence-electron chi connectivity index (χ4n) is 0.592. The first-order valence-electron chi connectivity index (χ1n) is 3.47. The van der Waals surface area contributed by atoms with Crippen LogP contribution in [0.25, 0.3) is 0 Å². The zero-order valence-corrected chi connectivity index (χ0v) is 8.32. The second-order valence-corrected chi connectivity index (χ2v) is 5.19. The molecule has 0 bridgehead atoms. The number of hydrogen-bond acceptors (Lipinski definition) is 4. The maximum Gasteiger partial charge on any atom is 0.302 e. The van der Waals surface area contributed by atoms with Crippen molar-refractivity contribution < 1.29 is 17.9 Å². The van der Waals surface area contributed by atoms with Gasteiger partial charge in [0.1, 0.15) is 0 Å². The molecule has 0 saturated heterocycles. The molecule has 0 aromatic heterocycles. The lowest BCUT2D eigenvalue weighted by Crippen LogP contribution is -2.03. The fourth-order valence-corrected chi connectivity index (χ4v) is 1.47. The highest BCUT2D eigenvalue weighted by Crippen LogP contribution is 2.01. The monoisotopic (exact) mass is 214 g/mol. The summed E-state index contributed by atoms with van der Waals surface area (Å²) in [5, 5.41) is 0. The van der Waals surface area contributed by atoms with Crippen LogP contribution in [0.4, 0.5) is 0 Å². The number of carbonyl (C=O) groups excluding carboxylic acids is 1. The van der Waals surface area contributed by atoms with E-state index in [0.717, 1.165) is 0 Å². The maximum absolute atomic E-state index is 10.4. The molecule has 0 amide bonds. The van der Waals surface area contributed by atoms with Crippen molar-refractivity contribution in [2.24, 2.45) is 0 Å². The van der Waals surface area contributed by atoms with E-state index in [-0.39, 0.29) is 18.3 Å². The molecule has 6 heteroatoms.